The lowest BCUT2D eigenvalue weighted by molar-refractivity contribution is -0.124. The third-order valence-electron chi connectivity index (χ3n) is 5.06. The Morgan fingerprint density at radius 2 is 2.08 bits per heavy atom. The molecule has 0 spiro atoms. The molecule has 1 saturated heterocycles. The first-order chi connectivity index (χ1) is 12.5. The Morgan fingerprint density at radius 3 is 2.81 bits per heavy atom. The lowest BCUT2D eigenvalue weighted by atomic mass is 9.98. The minimum absolute atomic E-state index is 0.0957. The van der Waals surface area contributed by atoms with E-state index in [0.717, 1.165) is 50.4 Å². The summed E-state index contributed by atoms with van der Waals surface area (Å²) in [6, 6.07) is 0. The van der Waals surface area contributed by atoms with Crippen LogP contribution < -0.4 is 5.32 Å². The van der Waals surface area contributed by atoms with Gasteiger partial charge in [-0.3, -0.25) is 4.79 Å². The molecule has 0 aromatic carbocycles. The van der Waals surface area contributed by atoms with Gasteiger partial charge in [0.2, 0.25) is 11.8 Å². The SMILES string of the molecule is CC(C)(NC(=O)C1CC1)c1cn(Cc2ncc(C3CCOCC3)o2)nn1. The van der Waals surface area contributed by atoms with Crippen LogP contribution in [-0.4, -0.2) is 39.1 Å². The fraction of sp³-hybridized carbons (Fsp3) is 0.667. The fourth-order valence-electron chi connectivity index (χ4n) is 3.19. The Bertz CT molecular complexity index is 771. The second-order valence-electron chi connectivity index (χ2n) is 7.73. The molecule has 2 aliphatic rings. The molecule has 2 fully saturated rings. The highest BCUT2D eigenvalue weighted by atomic mass is 16.5. The van der Waals surface area contributed by atoms with Gasteiger partial charge in [0.1, 0.15) is 18.0 Å². The number of ether oxygens (including phenoxy) is 1. The maximum Gasteiger partial charge on any atom is 0.223 e. The van der Waals surface area contributed by atoms with Gasteiger partial charge < -0.3 is 14.5 Å². The molecule has 1 aliphatic carbocycles. The number of amides is 1. The lowest BCUT2D eigenvalue weighted by Crippen LogP contribution is -2.42. The summed E-state index contributed by atoms with van der Waals surface area (Å²) in [4.78, 5) is 16.4. The Balaban J connectivity index is 1.40. The standard InChI is InChI=1S/C18H25N5O3/c1-18(2,20-17(24)13-3-4-13)15-10-23(22-21-15)11-16-19-9-14(26-16)12-5-7-25-8-6-12/h9-10,12-13H,3-8,11H2,1-2H3,(H,20,24). The molecule has 1 amide bonds. The number of aromatic nitrogens is 4. The van der Waals surface area contributed by atoms with Crippen LogP contribution in [0.1, 0.15) is 62.8 Å². The molecule has 1 saturated carbocycles. The van der Waals surface area contributed by atoms with Crippen molar-refractivity contribution in [1.29, 1.82) is 0 Å². The molecule has 1 aliphatic heterocycles. The summed E-state index contributed by atoms with van der Waals surface area (Å²) in [7, 11) is 0. The van der Waals surface area contributed by atoms with Gasteiger partial charge >= 0.3 is 0 Å². The number of nitrogens with zero attached hydrogens (tertiary/aromatic N) is 4. The fourth-order valence-corrected chi connectivity index (χ4v) is 3.19. The molecule has 3 heterocycles. The molecule has 1 N–H and O–H groups in total. The molecule has 2 aromatic rings. The molecule has 8 nitrogen and oxygen atoms in total. The minimum Gasteiger partial charge on any atom is -0.443 e. The molecule has 0 radical (unpaired) electrons. The van der Waals surface area contributed by atoms with Crippen molar-refractivity contribution < 1.29 is 13.9 Å². The van der Waals surface area contributed by atoms with Crippen LogP contribution in [-0.2, 0) is 21.6 Å². The van der Waals surface area contributed by atoms with Crippen molar-refractivity contribution in [3.8, 4) is 0 Å². The van der Waals surface area contributed by atoms with Crippen LogP contribution in [0.3, 0.4) is 0 Å². The number of nitrogens with one attached hydrogen (secondary N) is 1. The van der Waals surface area contributed by atoms with Gasteiger partial charge in [0.05, 0.1) is 17.9 Å². The van der Waals surface area contributed by atoms with E-state index in [9.17, 15) is 4.79 Å². The first-order valence-corrected chi connectivity index (χ1v) is 9.26. The first-order valence-electron chi connectivity index (χ1n) is 9.26. The maximum absolute atomic E-state index is 12.0. The van der Waals surface area contributed by atoms with Crippen LogP contribution in [0.15, 0.2) is 16.8 Å². The molecule has 140 valence electrons. The van der Waals surface area contributed by atoms with E-state index in [4.69, 9.17) is 9.15 Å². The maximum atomic E-state index is 12.0. The van der Waals surface area contributed by atoms with Gasteiger partial charge in [-0.05, 0) is 39.5 Å². The Kier molecular flexibility index (Phi) is 4.52. The molecule has 4 rings (SSSR count). The van der Waals surface area contributed by atoms with E-state index in [0.29, 0.717) is 18.4 Å². The summed E-state index contributed by atoms with van der Waals surface area (Å²) < 4.78 is 13.0. The van der Waals surface area contributed by atoms with Gasteiger partial charge in [-0.1, -0.05) is 5.21 Å². The number of carbonyl (C=O) groups excluding carboxylic acids is 1. The largest absolute Gasteiger partial charge is 0.443 e. The number of hydrogen-bond donors (Lipinski definition) is 1. The van der Waals surface area contributed by atoms with Crippen molar-refractivity contribution in [3.05, 3.63) is 29.7 Å². The molecular weight excluding hydrogens is 334 g/mol. The average molecular weight is 359 g/mol. The highest BCUT2D eigenvalue weighted by Crippen LogP contribution is 2.31. The van der Waals surface area contributed by atoms with Crippen LogP contribution in [0, 0.1) is 5.92 Å². The van der Waals surface area contributed by atoms with Gasteiger partial charge in [0.15, 0.2) is 0 Å². The number of carbonyl (C=O) groups is 1. The summed E-state index contributed by atoms with van der Waals surface area (Å²) >= 11 is 0. The zero-order valence-electron chi connectivity index (χ0n) is 15.3. The van der Waals surface area contributed by atoms with E-state index in [2.05, 4.69) is 20.6 Å². The third-order valence-corrected chi connectivity index (χ3v) is 5.06. The van der Waals surface area contributed by atoms with Crippen molar-refractivity contribution >= 4 is 5.91 Å². The summed E-state index contributed by atoms with van der Waals surface area (Å²) in [5.41, 5.74) is 0.171. The average Bonchev–Trinajstić information content (AvgIpc) is 3.20. The minimum atomic E-state index is -0.554. The smallest absolute Gasteiger partial charge is 0.223 e. The van der Waals surface area contributed by atoms with Crippen molar-refractivity contribution in [3.63, 3.8) is 0 Å². The summed E-state index contributed by atoms with van der Waals surface area (Å²) in [5.74, 6) is 2.18. The molecular formula is C18H25N5O3. The quantitative estimate of drug-likeness (QED) is 0.847. The van der Waals surface area contributed by atoms with E-state index in [1.54, 1.807) is 4.68 Å². The number of oxazole rings is 1. The molecule has 0 bridgehead atoms. The Labute approximate surface area is 152 Å². The molecule has 0 atom stereocenters. The van der Waals surface area contributed by atoms with E-state index in [-0.39, 0.29) is 11.8 Å². The third kappa shape index (κ3) is 3.80. The van der Waals surface area contributed by atoms with Gasteiger partial charge in [-0.2, -0.15) is 0 Å². The normalized spacial score (nSPS) is 18.8. The number of hydrogen-bond acceptors (Lipinski definition) is 6. The Hall–Kier alpha value is -2.22. The highest BCUT2D eigenvalue weighted by molar-refractivity contribution is 5.81. The van der Waals surface area contributed by atoms with E-state index < -0.39 is 5.54 Å². The van der Waals surface area contributed by atoms with Crippen LogP contribution in [0.4, 0.5) is 0 Å². The molecule has 2 aromatic heterocycles. The Morgan fingerprint density at radius 1 is 1.31 bits per heavy atom. The molecule has 0 unspecified atom stereocenters. The summed E-state index contributed by atoms with van der Waals surface area (Å²) in [6.45, 7) is 5.85. The van der Waals surface area contributed by atoms with Crippen LogP contribution in [0.25, 0.3) is 0 Å². The molecule has 26 heavy (non-hydrogen) atoms. The van der Waals surface area contributed by atoms with Gasteiger partial charge in [-0.25, -0.2) is 9.67 Å². The predicted molar refractivity (Wildman–Crippen MR) is 92.3 cm³/mol. The van der Waals surface area contributed by atoms with E-state index in [1.165, 1.54) is 0 Å². The van der Waals surface area contributed by atoms with Gasteiger partial charge in [0.25, 0.3) is 0 Å². The summed E-state index contributed by atoms with van der Waals surface area (Å²) in [6.07, 6.45) is 7.55. The lowest BCUT2D eigenvalue weighted by Gasteiger charge is -2.23. The topological polar surface area (TPSA) is 95.1 Å². The van der Waals surface area contributed by atoms with Gasteiger partial charge in [0, 0.05) is 25.0 Å². The summed E-state index contributed by atoms with van der Waals surface area (Å²) in [5, 5.41) is 11.4. The van der Waals surface area contributed by atoms with Crippen LogP contribution in [0.5, 0.6) is 0 Å². The van der Waals surface area contributed by atoms with Crippen molar-refractivity contribution in [2.75, 3.05) is 13.2 Å². The van der Waals surface area contributed by atoms with Crippen LogP contribution in [0.2, 0.25) is 0 Å². The van der Waals surface area contributed by atoms with Crippen molar-refractivity contribution in [1.82, 2.24) is 25.3 Å². The second-order valence-corrected chi connectivity index (χ2v) is 7.73. The zero-order valence-corrected chi connectivity index (χ0v) is 15.3. The highest BCUT2D eigenvalue weighted by Gasteiger charge is 2.35. The van der Waals surface area contributed by atoms with Crippen LogP contribution >= 0.6 is 0 Å². The van der Waals surface area contributed by atoms with Crippen molar-refractivity contribution in [2.45, 2.75) is 57.5 Å². The molecule has 8 heteroatoms. The monoisotopic (exact) mass is 359 g/mol. The number of rotatable bonds is 6. The zero-order chi connectivity index (χ0) is 18.1. The van der Waals surface area contributed by atoms with Crippen molar-refractivity contribution in [2.24, 2.45) is 5.92 Å². The second kappa shape index (κ2) is 6.83. The van der Waals surface area contributed by atoms with E-state index >= 15 is 0 Å². The van der Waals surface area contributed by atoms with E-state index in [1.807, 2.05) is 26.2 Å². The predicted octanol–water partition coefficient (Wildman–Crippen LogP) is 1.97. The van der Waals surface area contributed by atoms with Gasteiger partial charge in [-0.15, -0.1) is 5.10 Å². The first kappa shape index (κ1) is 17.2.